The molecule has 1 amide bonds. The van der Waals surface area contributed by atoms with Crippen LogP contribution in [0.2, 0.25) is 5.02 Å². The van der Waals surface area contributed by atoms with E-state index in [0.717, 1.165) is 16.5 Å². The predicted molar refractivity (Wildman–Crippen MR) is 107 cm³/mol. The van der Waals surface area contributed by atoms with Crippen molar-refractivity contribution >= 4 is 28.4 Å². The van der Waals surface area contributed by atoms with Gasteiger partial charge in [-0.15, -0.1) is 0 Å². The zero-order valence-electron chi connectivity index (χ0n) is 14.7. The summed E-state index contributed by atoms with van der Waals surface area (Å²) in [6, 6.07) is 20.8. The average molecular weight is 377 g/mol. The summed E-state index contributed by atoms with van der Waals surface area (Å²) in [5, 5.41) is 8.45. The van der Waals surface area contributed by atoms with E-state index in [0.29, 0.717) is 28.4 Å². The Hall–Kier alpha value is -3.11. The number of nitrogens with one attached hydrogen (secondary N) is 1. The molecule has 0 fully saturated rings. The molecule has 4 nitrogen and oxygen atoms in total. The Bertz CT molecular complexity index is 1120. The van der Waals surface area contributed by atoms with Gasteiger partial charge in [0, 0.05) is 22.7 Å². The van der Waals surface area contributed by atoms with E-state index in [1.54, 1.807) is 18.2 Å². The van der Waals surface area contributed by atoms with Crippen LogP contribution < -0.4 is 5.32 Å². The van der Waals surface area contributed by atoms with Crippen LogP contribution in [0, 0.1) is 6.92 Å². The quantitative estimate of drug-likeness (QED) is 0.519. The van der Waals surface area contributed by atoms with E-state index in [9.17, 15) is 4.79 Å². The molecule has 0 aliphatic heterocycles. The molecule has 4 rings (SSSR count). The van der Waals surface area contributed by atoms with Gasteiger partial charge >= 0.3 is 0 Å². The fraction of sp³-hybridized carbons (Fsp3) is 0.0909. The summed E-state index contributed by atoms with van der Waals surface area (Å²) in [7, 11) is 0. The Balaban J connectivity index is 1.61. The lowest BCUT2D eigenvalue weighted by Crippen LogP contribution is -2.22. The molecule has 1 N–H and O–H groups in total. The summed E-state index contributed by atoms with van der Waals surface area (Å²) in [5.74, 6) is 0.485. The van der Waals surface area contributed by atoms with Crippen LogP contribution in [0.3, 0.4) is 0 Å². The first-order chi connectivity index (χ1) is 13.1. The lowest BCUT2D eigenvalue weighted by atomic mass is 10.0. The van der Waals surface area contributed by atoms with Gasteiger partial charge < -0.3 is 9.84 Å². The highest BCUT2D eigenvalue weighted by molar-refractivity contribution is 6.31. The molecule has 0 atom stereocenters. The minimum atomic E-state index is -0.173. The summed E-state index contributed by atoms with van der Waals surface area (Å²) in [5.41, 5.74) is 4.23. The van der Waals surface area contributed by atoms with Crippen molar-refractivity contribution in [1.82, 2.24) is 10.5 Å². The van der Waals surface area contributed by atoms with Crippen molar-refractivity contribution in [3.63, 3.8) is 0 Å². The maximum absolute atomic E-state index is 12.6. The van der Waals surface area contributed by atoms with E-state index in [4.69, 9.17) is 16.1 Å². The molecule has 0 saturated heterocycles. The van der Waals surface area contributed by atoms with Gasteiger partial charge in [0.15, 0.2) is 5.76 Å². The van der Waals surface area contributed by atoms with E-state index in [1.165, 1.54) is 5.56 Å². The average Bonchev–Trinajstić information content (AvgIpc) is 3.11. The van der Waals surface area contributed by atoms with E-state index >= 15 is 0 Å². The zero-order valence-corrected chi connectivity index (χ0v) is 15.5. The predicted octanol–water partition coefficient (Wildman–Crippen LogP) is 5.39. The highest BCUT2D eigenvalue weighted by Gasteiger charge is 2.14. The van der Waals surface area contributed by atoms with Crippen LogP contribution in [0.4, 0.5) is 0 Å². The van der Waals surface area contributed by atoms with Gasteiger partial charge in [0.1, 0.15) is 5.52 Å². The van der Waals surface area contributed by atoms with Gasteiger partial charge in [-0.05, 0) is 36.8 Å². The van der Waals surface area contributed by atoms with Crippen molar-refractivity contribution in [2.24, 2.45) is 0 Å². The summed E-state index contributed by atoms with van der Waals surface area (Å²) >= 11 is 6.14. The summed E-state index contributed by atoms with van der Waals surface area (Å²) in [6.07, 6.45) is 0. The largest absolute Gasteiger partial charge is 0.355 e. The molecule has 4 aromatic rings. The Morgan fingerprint density at radius 2 is 1.85 bits per heavy atom. The number of hydrogen-bond acceptors (Lipinski definition) is 3. The summed E-state index contributed by atoms with van der Waals surface area (Å²) < 4.78 is 5.52. The van der Waals surface area contributed by atoms with Crippen LogP contribution in [0.15, 0.2) is 71.3 Å². The molecule has 0 bridgehead atoms. The van der Waals surface area contributed by atoms with Crippen LogP contribution in [0.1, 0.15) is 21.5 Å². The molecule has 1 heterocycles. The molecule has 0 saturated carbocycles. The number of amides is 1. The second kappa shape index (κ2) is 7.25. The van der Waals surface area contributed by atoms with Gasteiger partial charge in [-0.2, -0.15) is 0 Å². The smallest absolute Gasteiger partial charge is 0.251 e. The van der Waals surface area contributed by atoms with E-state index in [1.807, 2.05) is 55.5 Å². The Morgan fingerprint density at radius 1 is 1.07 bits per heavy atom. The van der Waals surface area contributed by atoms with Gasteiger partial charge in [0.2, 0.25) is 0 Å². The zero-order chi connectivity index (χ0) is 18.8. The monoisotopic (exact) mass is 376 g/mol. The molecular weight excluding hydrogens is 360 g/mol. The lowest BCUT2D eigenvalue weighted by molar-refractivity contribution is 0.0951. The number of carbonyl (C=O) groups excluding carboxylic acids is 1. The lowest BCUT2D eigenvalue weighted by Gasteiger charge is -2.07. The minimum Gasteiger partial charge on any atom is -0.355 e. The standard InChI is InChI=1S/C22H17ClN2O2/c1-14-6-8-15(9-7-14)21-18-12-16(10-11-20(18)25-27-21)22(26)24-13-17-4-2-3-5-19(17)23/h2-12H,13H2,1H3,(H,24,26). The molecule has 0 aliphatic rings. The Morgan fingerprint density at radius 3 is 2.63 bits per heavy atom. The van der Waals surface area contributed by atoms with Crippen molar-refractivity contribution < 1.29 is 9.32 Å². The van der Waals surface area contributed by atoms with Crippen LogP contribution in [-0.4, -0.2) is 11.1 Å². The van der Waals surface area contributed by atoms with Gasteiger partial charge in [-0.1, -0.05) is 64.8 Å². The second-order valence-corrected chi connectivity index (χ2v) is 6.79. The molecule has 5 heteroatoms. The van der Waals surface area contributed by atoms with Gasteiger partial charge in [0.25, 0.3) is 5.91 Å². The van der Waals surface area contributed by atoms with E-state index in [2.05, 4.69) is 10.5 Å². The van der Waals surface area contributed by atoms with Gasteiger partial charge in [0.05, 0.1) is 5.39 Å². The number of carbonyl (C=O) groups is 1. The molecule has 0 unspecified atom stereocenters. The number of rotatable bonds is 4. The highest BCUT2D eigenvalue weighted by Crippen LogP contribution is 2.29. The fourth-order valence-electron chi connectivity index (χ4n) is 2.92. The minimum absolute atomic E-state index is 0.173. The van der Waals surface area contributed by atoms with Crippen molar-refractivity contribution in [2.75, 3.05) is 0 Å². The number of aromatic nitrogens is 1. The molecule has 1 aromatic heterocycles. The molecular formula is C22H17ClN2O2. The topological polar surface area (TPSA) is 55.1 Å². The number of hydrogen-bond donors (Lipinski definition) is 1. The number of fused-ring (bicyclic) bond motifs is 1. The van der Waals surface area contributed by atoms with Crippen LogP contribution in [0.25, 0.3) is 22.2 Å². The number of nitrogens with zero attached hydrogens (tertiary/aromatic N) is 1. The summed E-state index contributed by atoms with van der Waals surface area (Å²) in [4.78, 5) is 12.6. The molecule has 0 radical (unpaired) electrons. The van der Waals surface area contributed by atoms with Gasteiger partial charge in [-0.3, -0.25) is 4.79 Å². The maximum Gasteiger partial charge on any atom is 0.251 e. The molecule has 0 aliphatic carbocycles. The van der Waals surface area contributed by atoms with Crippen molar-refractivity contribution in [3.05, 3.63) is 88.4 Å². The SMILES string of the molecule is Cc1ccc(-c2onc3ccc(C(=O)NCc4ccccc4Cl)cc23)cc1. The second-order valence-electron chi connectivity index (χ2n) is 6.38. The molecule has 0 spiro atoms. The first kappa shape index (κ1) is 17.3. The first-order valence-electron chi connectivity index (χ1n) is 8.60. The number of aryl methyl sites for hydroxylation is 1. The third kappa shape index (κ3) is 3.57. The molecule has 3 aromatic carbocycles. The van der Waals surface area contributed by atoms with E-state index in [-0.39, 0.29) is 5.91 Å². The molecule has 27 heavy (non-hydrogen) atoms. The normalized spacial score (nSPS) is 10.9. The van der Waals surface area contributed by atoms with E-state index < -0.39 is 0 Å². The van der Waals surface area contributed by atoms with Crippen molar-refractivity contribution in [1.29, 1.82) is 0 Å². The third-order valence-corrected chi connectivity index (χ3v) is 4.82. The first-order valence-corrected chi connectivity index (χ1v) is 8.98. The highest BCUT2D eigenvalue weighted by atomic mass is 35.5. The summed E-state index contributed by atoms with van der Waals surface area (Å²) in [6.45, 7) is 2.40. The number of halogens is 1. The Labute approximate surface area is 161 Å². The third-order valence-electron chi connectivity index (χ3n) is 4.45. The fourth-order valence-corrected chi connectivity index (χ4v) is 3.12. The molecule has 134 valence electrons. The maximum atomic E-state index is 12.6. The van der Waals surface area contributed by atoms with Crippen LogP contribution in [0.5, 0.6) is 0 Å². The van der Waals surface area contributed by atoms with Crippen LogP contribution in [-0.2, 0) is 6.54 Å². The van der Waals surface area contributed by atoms with Crippen LogP contribution >= 0.6 is 11.6 Å². The Kier molecular flexibility index (Phi) is 4.65. The van der Waals surface area contributed by atoms with Crippen molar-refractivity contribution in [2.45, 2.75) is 13.5 Å². The van der Waals surface area contributed by atoms with Gasteiger partial charge in [-0.25, -0.2) is 0 Å². The van der Waals surface area contributed by atoms with Crippen molar-refractivity contribution in [3.8, 4) is 11.3 Å². The number of benzene rings is 3.